The van der Waals surface area contributed by atoms with Crippen molar-refractivity contribution in [3.8, 4) is 11.5 Å². The number of rotatable bonds is 4. The Morgan fingerprint density at radius 2 is 1.89 bits per heavy atom. The first-order valence-electron chi connectivity index (χ1n) is 5.91. The number of phenols is 1. The van der Waals surface area contributed by atoms with Gasteiger partial charge in [0.2, 0.25) is 0 Å². The molecule has 3 nitrogen and oxygen atoms in total. The van der Waals surface area contributed by atoms with Gasteiger partial charge in [-0.15, -0.1) is 6.58 Å². The average molecular weight is 254 g/mol. The van der Waals surface area contributed by atoms with Crippen LogP contribution < -0.4 is 4.74 Å². The maximum Gasteiger partial charge on any atom is 0.347 e. The van der Waals surface area contributed by atoms with Crippen molar-refractivity contribution >= 4 is 5.97 Å². The number of phenolic OH excluding ortho intramolecular Hbond substituents is 1. The SMILES string of the molecule is C=CCc1cccc(C(=O)Oc2ccccc2)c1O. The second kappa shape index (κ2) is 5.87. The fourth-order valence-electron chi connectivity index (χ4n) is 1.73. The van der Waals surface area contributed by atoms with Crippen molar-refractivity contribution in [1.29, 1.82) is 0 Å². The lowest BCUT2D eigenvalue weighted by Gasteiger charge is -2.08. The average Bonchev–Trinajstić information content (AvgIpc) is 2.42. The number of carbonyl (C=O) groups is 1. The Morgan fingerprint density at radius 3 is 2.58 bits per heavy atom. The van der Waals surface area contributed by atoms with Gasteiger partial charge in [-0.3, -0.25) is 0 Å². The van der Waals surface area contributed by atoms with Crippen molar-refractivity contribution in [1.82, 2.24) is 0 Å². The lowest BCUT2D eigenvalue weighted by Crippen LogP contribution is -2.09. The topological polar surface area (TPSA) is 46.5 Å². The molecule has 19 heavy (non-hydrogen) atoms. The highest BCUT2D eigenvalue weighted by Gasteiger charge is 2.15. The fourth-order valence-corrected chi connectivity index (χ4v) is 1.73. The van der Waals surface area contributed by atoms with Crippen LogP contribution >= 0.6 is 0 Å². The molecule has 0 saturated heterocycles. The maximum absolute atomic E-state index is 12.0. The fraction of sp³-hybridized carbons (Fsp3) is 0.0625. The Labute approximate surface area is 111 Å². The number of hydrogen-bond donors (Lipinski definition) is 1. The van der Waals surface area contributed by atoms with Crippen LogP contribution in [0.4, 0.5) is 0 Å². The largest absolute Gasteiger partial charge is 0.507 e. The van der Waals surface area contributed by atoms with Crippen molar-refractivity contribution in [2.45, 2.75) is 6.42 Å². The highest BCUT2D eigenvalue weighted by molar-refractivity contribution is 5.94. The summed E-state index contributed by atoms with van der Waals surface area (Å²) in [4.78, 5) is 12.0. The lowest BCUT2D eigenvalue weighted by atomic mass is 10.1. The quantitative estimate of drug-likeness (QED) is 0.517. The Morgan fingerprint density at radius 1 is 1.16 bits per heavy atom. The third-order valence-electron chi connectivity index (χ3n) is 2.66. The predicted octanol–water partition coefficient (Wildman–Crippen LogP) is 3.34. The molecule has 1 N–H and O–H groups in total. The number of hydrogen-bond acceptors (Lipinski definition) is 3. The van der Waals surface area contributed by atoms with Gasteiger partial charge in [-0.1, -0.05) is 36.4 Å². The van der Waals surface area contributed by atoms with Crippen LogP contribution in [0.5, 0.6) is 11.5 Å². The van der Waals surface area contributed by atoms with Gasteiger partial charge in [0.15, 0.2) is 0 Å². The van der Waals surface area contributed by atoms with E-state index in [0.29, 0.717) is 17.7 Å². The molecule has 3 heteroatoms. The van der Waals surface area contributed by atoms with Crippen LogP contribution in [0.3, 0.4) is 0 Å². The van der Waals surface area contributed by atoms with E-state index in [2.05, 4.69) is 6.58 Å². The summed E-state index contributed by atoms with van der Waals surface area (Å²) in [5.74, 6) is -0.182. The molecule has 0 fully saturated rings. The van der Waals surface area contributed by atoms with E-state index in [0.717, 1.165) is 0 Å². The van der Waals surface area contributed by atoms with Gasteiger partial charge in [0, 0.05) is 0 Å². The van der Waals surface area contributed by atoms with E-state index in [1.165, 1.54) is 6.07 Å². The molecular formula is C16H14O3. The number of ether oxygens (including phenoxy) is 1. The van der Waals surface area contributed by atoms with E-state index in [1.54, 1.807) is 42.5 Å². The normalized spacial score (nSPS) is 9.89. The zero-order valence-corrected chi connectivity index (χ0v) is 10.4. The minimum atomic E-state index is -0.574. The van der Waals surface area contributed by atoms with Gasteiger partial charge in [0.05, 0.1) is 0 Å². The molecule has 0 spiro atoms. The molecule has 0 aliphatic heterocycles. The summed E-state index contributed by atoms with van der Waals surface area (Å²) in [7, 11) is 0. The minimum Gasteiger partial charge on any atom is -0.507 e. The lowest BCUT2D eigenvalue weighted by molar-refractivity contribution is 0.0731. The zero-order valence-electron chi connectivity index (χ0n) is 10.4. The highest BCUT2D eigenvalue weighted by Crippen LogP contribution is 2.24. The number of allylic oxidation sites excluding steroid dienone is 1. The Kier molecular flexibility index (Phi) is 3.98. The molecule has 0 aromatic heterocycles. The molecule has 96 valence electrons. The highest BCUT2D eigenvalue weighted by atomic mass is 16.5. The molecule has 0 heterocycles. The molecule has 0 saturated carbocycles. The minimum absolute atomic E-state index is 0.0525. The summed E-state index contributed by atoms with van der Waals surface area (Å²) in [6, 6.07) is 13.7. The van der Waals surface area contributed by atoms with Gasteiger partial charge in [-0.25, -0.2) is 4.79 Å². The smallest absolute Gasteiger partial charge is 0.347 e. The predicted molar refractivity (Wildman–Crippen MR) is 73.4 cm³/mol. The van der Waals surface area contributed by atoms with Gasteiger partial charge in [-0.05, 0) is 30.2 Å². The van der Waals surface area contributed by atoms with Crippen molar-refractivity contribution in [2.75, 3.05) is 0 Å². The van der Waals surface area contributed by atoms with Gasteiger partial charge in [0.1, 0.15) is 17.1 Å². The monoisotopic (exact) mass is 254 g/mol. The number of carbonyl (C=O) groups excluding carboxylic acids is 1. The van der Waals surface area contributed by atoms with Crippen LogP contribution in [0, 0.1) is 0 Å². The van der Waals surface area contributed by atoms with Crippen LogP contribution in [0.25, 0.3) is 0 Å². The van der Waals surface area contributed by atoms with Crippen LogP contribution in [-0.2, 0) is 6.42 Å². The standard InChI is InChI=1S/C16H14O3/c1-2-7-12-8-6-11-14(15(12)17)16(18)19-13-9-4-3-5-10-13/h2-6,8-11,17H,1,7H2. The Balaban J connectivity index is 2.24. The molecule has 0 atom stereocenters. The molecule has 2 aromatic carbocycles. The van der Waals surface area contributed by atoms with Gasteiger partial charge >= 0.3 is 5.97 Å². The molecule has 2 rings (SSSR count). The summed E-state index contributed by atoms with van der Waals surface area (Å²) in [5, 5.41) is 10.0. The summed E-state index contributed by atoms with van der Waals surface area (Å²) in [6.07, 6.45) is 2.17. The maximum atomic E-state index is 12.0. The first kappa shape index (κ1) is 12.9. The van der Waals surface area contributed by atoms with Crippen molar-refractivity contribution in [2.24, 2.45) is 0 Å². The summed E-state index contributed by atoms with van der Waals surface area (Å²) >= 11 is 0. The second-order valence-electron chi connectivity index (χ2n) is 4.01. The summed E-state index contributed by atoms with van der Waals surface area (Å²) < 4.78 is 5.19. The Bertz CT molecular complexity index is 588. The Hall–Kier alpha value is -2.55. The van der Waals surface area contributed by atoms with Crippen LogP contribution in [-0.4, -0.2) is 11.1 Å². The number of para-hydroxylation sites is 2. The number of benzene rings is 2. The van der Waals surface area contributed by atoms with E-state index < -0.39 is 5.97 Å². The van der Waals surface area contributed by atoms with E-state index in [4.69, 9.17) is 4.74 Å². The van der Waals surface area contributed by atoms with Crippen LogP contribution in [0.15, 0.2) is 61.2 Å². The van der Waals surface area contributed by atoms with Gasteiger partial charge < -0.3 is 9.84 Å². The van der Waals surface area contributed by atoms with Crippen molar-refractivity contribution in [3.05, 3.63) is 72.3 Å². The van der Waals surface area contributed by atoms with E-state index >= 15 is 0 Å². The number of esters is 1. The van der Waals surface area contributed by atoms with E-state index in [-0.39, 0.29) is 11.3 Å². The molecule has 0 aliphatic rings. The molecular weight excluding hydrogens is 240 g/mol. The molecule has 0 bridgehead atoms. The molecule has 0 radical (unpaired) electrons. The third-order valence-corrected chi connectivity index (χ3v) is 2.66. The molecule has 0 aliphatic carbocycles. The first-order chi connectivity index (χ1) is 9.22. The van der Waals surface area contributed by atoms with Crippen molar-refractivity contribution < 1.29 is 14.6 Å². The summed E-state index contributed by atoms with van der Waals surface area (Å²) in [5.41, 5.74) is 0.806. The van der Waals surface area contributed by atoms with Gasteiger partial charge in [-0.2, -0.15) is 0 Å². The van der Waals surface area contributed by atoms with Crippen LogP contribution in [0.1, 0.15) is 15.9 Å². The first-order valence-corrected chi connectivity index (χ1v) is 5.91. The van der Waals surface area contributed by atoms with E-state index in [1.807, 2.05) is 6.07 Å². The third kappa shape index (κ3) is 3.01. The number of aromatic hydroxyl groups is 1. The second-order valence-corrected chi connectivity index (χ2v) is 4.01. The van der Waals surface area contributed by atoms with Crippen molar-refractivity contribution in [3.63, 3.8) is 0 Å². The van der Waals surface area contributed by atoms with E-state index in [9.17, 15) is 9.90 Å². The summed E-state index contributed by atoms with van der Waals surface area (Å²) in [6.45, 7) is 3.61. The zero-order chi connectivity index (χ0) is 13.7. The van der Waals surface area contributed by atoms with Crippen LogP contribution in [0.2, 0.25) is 0 Å². The molecule has 0 amide bonds. The molecule has 2 aromatic rings. The molecule has 0 unspecified atom stereocenters. The van der Waals surface area contributed by atoms with Gasteiger partial charge in [0.25, 0.3) is 0 Å².